The van der Waals surface area contributed by atoms with E-state index in [2.05, 4.69) is 16.0 Å². The van der Waals surface area contributed by atoms with E-state index in [1.54, 1.807) is 0 Å². The first-order valence-corrected chi connectivity index (χ1v) is 23.8. The fourth-order valence-electron chi connectivity index (χ4n) is 9.12. The van der Waals surface area contributed by atoms with E-state index in [1.165, 1.54) is 0 Å². The van der Waals surface area contributed by atoms with Gasteiger partial charge in [0.25, 0.3) is 11.6 Å². The van der Waals surface area contributed by atoms with E-state index in [0.717, 1.165) is 20.8 Å². The number of carbonyl (C=O) groups excluding carboxylic acids is 3. The van der Waals surface area contributed by atoms with Crippen LogP contribution in [-0.2, 0) is 61.9 Å². The summed E-state index contributed by atoms with van der Waals surface area (Å²) in [6.07, 6.45) is -49.9. The molecule has 26 atom stereocenters. The van der Waals surface area contributed by atoms with Gasteiger partial charge in [0.2, 0.25) is 17.7 Å². The topological polar surface area (TPSA) is 580 Å². The molecule has 35 heteroatoms. The number of aliphatic carboxylic acids is 2. The van der Waals surface area contributed by atoms with Crippen LogP contribution in [0.3, 0.4) is 0 Å². The molecule has 22 N–H and O–H groups in total. The molecule has 0 aromatic carbocycles. The molecule has 0 radical (unpaired) electrons. The second-order valence-electron chi connectivity index (χ2n) is 18.8. The van der Waals surface area contributed by atoms with Gasteiger partial charge in [-0.2, -0.15) is 0 Å². The van der Waals surface area contributed by atoms with Gasteiger partial charge < -0.3 is 151 Å². The maximum atomic E-state index is 13.1. The van der Waals surface area contributed by atoms with Crippen LogP contribution in [0.1, 0.15) is 33.6 Å². The molecule has 77 heavy (non-hydrogen) atoms. The molecule has 4 fully saturated rings. The van der Waals surface area contributed by atoms with Crippen molar-refractivity contribution in [1.29, 1.82) is 0 Å². The lowest BCUT2D eigenvalue weighted by molar-refractivity contribution is -0.392. The van der Waals surface area contributed by atoms with Gasteiger partial charge in [-0.25, -0.2) is 9.59 Å². The van der Waals surface area contributed by atoms with Crippen LogP contribution < -0.4 is 16.0 Å². The number of aliphatic hydroxyl groups is 17. The maximum Gasteiger partial charge on any atom is 0.364 e. The molecule has 446 valence electrons. The van der Waals surface area contributed by atoms with Crippen LogP contribution in [0.15, 0.2) is 0 Å². The summed E-state index contributed by atoms with van der Waals surface area (Å²) in [7, 11) is 0. The van der Waals surface area contributed by atoms with Crippen molar-refractivity contribution in [2.75, 3.05) is 39.6 Å². The number of rotatable bonds is 26. The standard InChI is InChI=1S/C42H71N3O32/c1-12(51)43-15(6-46)25(59)32(20(58)9-49)73-37-30(64)35(29(63)22(72-37)11-70-41(39(66)67)4-16(54)23(44-13(2)52)33(75-41)26(60)18(56)7-47)74-38-31(65)36(28(62)21(10-50)71-38)77-42(40(68)69)5-17(55)24(45-14(3)53)34(76-42)27(61)19(57)8-48/h15-38,46-50,54-65H,4-11H2,1-3H3,(H,43,51)(H,44,52)(H,45,53)(H,66,67)(H,68,69)/t15-,16-,17-,18+,19+,20+,21+,22+,23+,24+,25+,26+,27+,28-,29-,30+,31+,32+,33+,34+,35-,36-,37-,38-,41+,42-/m0/s1. The lowest BCUT2D eigenvalue weighted by atomic mass is 9.88. The molecule has 4 aliphatic rings. The first-order valence-electron chi connectivity index (χ1n) is 23.8. The van der Waals surface area contributed by atoms with Gasteiger partial charge in [0.15, 0.2) is 12.6 Å². The summed E-state index contributed by atoms with van der Waals surface area (Å²) in [6.45, 7) is -4.31. The molecule has 4 rings (SSSR count). The van der Waals surface area contributed by atoms with Crippen LogP contribution in [0, 0.1) is 0 Å². The van der Waals surface area contributed by atoms with Gasteiger partial charge >= 0.3 is 11.9 Å². The van der Waals surface area contributed by atoms with Crippen LogP contribution >= 0.6 is 0 Å². The molecule has 0 saturated carbocycles. The van der Waals surface area contributed by atoms with Crippen LogP contribution in [0.5, 0.6) is 0 Å². The summed E-state index contributed by atoms with van der Waals surface area (Å²) in [5, 5.41) is 210. The number of carbonyl (C=O) groups is 5. The molecule has 0 aliphatic carbocycles. The van der Waals surface area contributed by atoms with Gasteiger partial charge in [-0.3, -0.25) is 14.4 Å². The minimum atomic E-state index is -3.29. The van der Waals surface area contributed by atoms with E-state index in [4.69, 9.17) is 37.9 Å². The van der Waals surface area contributed by atoms with Crippen LogP contribution in [0.2, 0.25) is 0 Å². The summed E-state index contributed by atoms with van der Waals surface area (Å²) in [5.74, 6) is -13.2. The van der Waals surface area contributed by atoms with Crippen molar-refractivity contribution in [2.24, 2.45) is 0 Å². The third-order valence-electron chi connectivity index (χ3n) is 13.1. The number of hydrogen-bond acceptors (Lipinski definition) is 30. The van der Waals surface area contributed by atoms with Crippen molar-refractivity contribution in [3.8, 4) is 0 Å². The first-order chi connectivity index (χ1) is 36.0. The third kappa shape index (κ3) is 15.2. The molecular formula is C42H71N3O32. The maximum absolute atomic E-state index is 13.1. The highest BCUT2D eigenvalue weighted by molar-refractivity contribution is 5.77. The van der Waals surface area contributed by atoms with Crippen molar-refractivity contribution < 1.29 is 159 Å². The molecule has 4 heterocycles. The molecular weight excluding hydrogens is 1060 g/mol. The van der Waals surface area contributed by atoms with E-state index >= 15 is 0 Å². The molecule has 0 aromatic rings. The monoisotopic (exact) mass is 1130 g/mol. The molecule has 0 unspecified atom stereocenters. The number of hydrogen-bond donors (Lipinski definition) is 22. The summed E-state index contributed by atoms with van der Waals surface area (Å²) in [6, 6.07) is -5.10. The molecule has 4 saturated heterocycles. The van der Waals surface area contributed by atoms with Gasteiger partial charge in [0.1, 0.15) is 104 Å². The van der Waals surface area contributed by atoms with Gasteiger partial charge in [0.05, 0.1) is 70.0 Å². The summed E-state index contributed by atoms with van der Waals surface area (Å²) < 4.78 is 45.2. The zero-order valence-corrected chi connectivity index (χ0v) is 41.3. The van der Waals surface area contributed by atoms with Crippen molar-refractivity contribution in [3.05, 3.63) is 0 Å². The Balaban J connectivity index is 1.80. The molecule has 0 aromatic heterocycles. The van der Waals surface area contributed by atoms with Crippen LogP contribution in [-0.4, -0.2) is 325 Å². The Labute approximate surface area is 435 Å². The second kappa shape index (κ2) is 28.2. The summed E-state index contributed by atoms with van der Waals surface area (Å²) in [4.78, 5) is 62.1. The molecule has 3 amide bonds. The van der Waals surface area contributed by atoms with Crippen LogP contribution in [0.25, 0.3) is 0 Å². The van der Waals surface area contributed by atoms with Crippen molar-refractivity contribution in [2.45, 2.75) is 192 Å². The van der Waals surface area contributed by atoms with E-state index in [9.17, 15) is 121 Å². The predicted octanol–water partition coefficient (Wildman–Crippen LogP) is -13.4. The Kier molecular flexibility index (Phi) is 24.1. The van der Waals surface area contributed by atoms with Crippen molar-refractivity contribution in [1.82, 2.24) is 16.0 Å². The van der Waals surface area contributed by atoms with Crippen molar-refractivity contribution >= 4 is 29.7 Å². The lowest BCUT2D eigenvalue weighted by Crippen LogP contribution is -2.71. The Bertz CT molecular complexity index is 1950. The van der Waals surface area contributed by atoms with E-state index < -0.39 is 240 Å². The minimum absolute atomic E-state index is 0.846. The third-order valence-corrected chi connectivity index (χ3v) is 13.1. The Morgan fingerprint density at radius 1 is 0.584 bits per heavy atom. The SMILES string of the molecule is CC(=O)N[C@H]1[C@H]([C@H](O)[C@H](O)CO)O[C@@](OC[C@H]2O[C@@H](O[C@@H]([C@H](O)[C@H](CO)NC(C)=O)[C@H](O)CO)[C@H](O)[C@@H](O[C@@H]3O[C@H](CO)[C@H](O)[C@H](O[C@]4(C(=O)O)C[C@H](O)[C@@H](NC(C)=O)[C@H]([C@H](O)[C@H](O)CO)O4)[C@H]3O)[C@H]2O)(C(=O)O)C[C@@H]1O. The van der Waals surface area contributed by atoms with Gasteiger partial charge in [-0.1, -0.05) is 0 Å². The highest BCUT2D eigenvalue weighted by atomic mass is 16.8. The average Bonchev–Trinajstić information content (AvgIpc) is 3.37. The minimum Gasteiger partial charge on any atom is -0.477 e. The summed E-state index contributed by atoms with van der Waals surface area (Å²) in [5.41, 5.74) is 0. The number of ether oxygens (including phenoxy) is 8. The van der Waals surface area contributed by atoms with Gasteiger partial charge in [-0.05, 0) is 0 Å². The Morgan fingerprint density at radius 2 is 1.04 bits per heavy atom. The quantitative estimate of drug-likeness (QED) is 0.0382. The van der Waals surface area contributed by atoms with Gasteiger partial charge in [0, 0.05) is 33.6 Å². The number of carboxylic acid groups (broad SMARTS) is 2. The number of amides is 3. The number of aliphatic hydroxyl groups excluding tert-OH is 17. The molecule has 0 spiro atoms. The van der Waals surface area contributed by atoms with E-state index in [1.807, 2.05) is 0 Å². The van der Waals surface area contributed by atoms with Crippen LogP contribution in [0.4, 0.5) is 0 Å². The predicted molar refractivity (Wildman–Crippen MR) is 238 cm³/mol. The smallest absolute Gasteiger partial charge is 0.364 e. The highest BCUT2D eigenvalue weighted by Crippen LogP contribution is 2.40. The number of nitrogens with one attached hydrogen (secondary N) is 3. The molecule has 4 aliphatic heterocycles. The molecule has 0 bridgehead atoms. The second-order valence-corrected chi connectivity index (χ2v) is 18.8. The Hall–Kier alpha value is -3.65. The zero-order valence-electron chi connectivity index (χ0n) is 41.3. The van der Waals surface area contributed by atoms with E-state index in [0.29, 0.717) is 0 Å². The fraction of sp³-hybridized carbons (Fsp3) is 0.881. The number of carboxylic acids is 2. The van der Waals surface area contributed by atoms with E-state index in [-0.39, 0.29) is 0 Å². The largest absolute Gasteiger partial charge is 0.477 e. The first kappa shape index (κ1) is 65.9. The zero-order chi connectivity index (χ0) is 58.2. The fourth-order valence-corrected chi connectivity index (χ4v) is 9.12. The van der Waals surface area contributed by atoms with Crippen molar-refractivity contribution in [3.63, 3.8) is 0 Å². The summed E-state index contributed by atoms with van der Waals surface area (Å²) >= 11 is 0. The normalized spacial score (nSPS) is 38.9. The van der Waals surface area contributed by atoms with Gasteiger partial charge in [-0.15, -0.1) is 0 Å². The Morgan fingerprint density at radius 3 is 1.48 bits per heavy atom. The lowest BCUT2D eigenvalue weighted by Gasteiger charge is -2.51. The average molecular weight is 1130 g/mol. The highest BCUT2D eigenvalue weighted by Gasteiger charge is 2.61. The molecule has 35 nitrogen and oxygen atoms in total.